The van der Waals surface area contributed by atoms with E-state index >= 15 is 0 Å². The number of carbonyl (C=O) groups is 3. The van der Waals surface area contributed by atoms with Crippen LogP contribution in [0.3, 0.4) is 0 Å². The van der Waals surface area contributed by atoms with E-state index in [0.29, 0.717) is 24.5 Å². The van der Waals surface area contributed by atoms with Gasteiger partial charge in [0.25, 0.3) is 0 Å². The molecule has 212 valence electrons. The number of hydrogen-bond acceptors (Lipinski definition) is 6. The van der Waals surface area contributed by atoms with E-state index in [1.807, 2.05) is 6.92 Å². The first-order valence-electron chi connectivity index (χ1n) is 14.4. The van der Waals surface area contributed by atoms with Gasteiger partial charge in [0, 0.05) is 36.2 Å². The van der Waals surface area contributed by atoms with Crippen molar-refractivity contribution >= 4 is 17.5 Å². The van der Waals surface area contributed by atoms with E-state index in [9.17, 15) is 24.6 Å². The number of fused-ring (bicyclic) bond motifs is 5. The number of aliphatic hydroxyl groups excluding tert-OH is 1. The molecule has 8 atom stereocenters. The van der Waals surface area contributed by atoms with Gasteiger partial charge in [0.1, 0.15) is 18.0 Å². The molecule has 4 rings (SSSR count). The topological polar surface area (TPSA) is 101 Å². The number of rotatable bonds is 6. The molecule has 0 bridgehead atoms. The number of hydrogen-bond donors (Lipinski definition) is 2. The van der Waals surface area contributed by atoms with E-state index in [2.05, 4.69) is 46.8 Å². The summed E-state index contributed by atoms with van der Waals surface area (Å²) < 4.78 is 5.44. The van der Waals surface area contributed by atoms with Crippen molar-refractivity contribution in [3.8, 4) is 0 Å². The van der Waals surface area contributed by atoms with Crippen molar-refractivity contribution in [3.63, 3.8) is 0 Å². The summed E-state index contributed by atoms with van der Waals surface area (Å²) in [6, 6.07) is 0. The van der Waals surface area contributed by atoms with Gasteiger partial charge in [-0.2, -0.15) is 0 Å². The van der Waals surface area contributed by atoms with E-state index in [4.69, 9.17) is 4.74 Å². The molecular formula is C32H48O6. The summed E-state index contributed by atoms with van der Waals surface area (Å²) in [4.78, 5) is 38.4. The summed E-state index contributed by atoms with van der Waals surface area (Å²) in [5, 5.41) is 21.2. The largest absolute Gasteiger partial charge is 0.460 e. The van der Waals surface area contributed by atoms with E-state index in [1.54, 1.807) is 0 Å². The summed E-state index contributed by atoms with van der Waals surface area (Å²) in [5.74, 6) is 0.283. The van der Waals surface area contributed by atoms with Gasteiger partial charge in [0.05, 0.1) is 5.60 Å². The van der Waals surface area contributed by atoms with Crippen LogP contribution < -0.4 is 0 Å². The molecule has 2 fully saturated rings. The third-order valence-corrected chi connectivity index (χ3v) is 11.5. The zero-order valence-corrected chi connectivity index (χ0v) is 24.8. The van der Waals surface area contributed by atoms with Gasteiger partial charge >= 0.3 is 5.97 Å². The highest BCUT2D eigenvalue weighted by Gasteiger charge is 2.66. The molecule has 6 heteroatoms. The number of ether oxygens (including phenoxy) is 1. The summed E-state index contributed by atoms with van der Waals surface area (Å²) in [6.07, 6.45) is 6.41. The predicted molar refractivity (Wildman–Crippen MR) is 146 cm³/mol. The SMILES string of the molecule is CC(=O)O[C@@H](C[C@@H](C)C1=C2C=C[C@H]3[C@@]4(C)CCC(=O)C(C)(C)[C@@H]4CC[C@]3(C)[C@@]2(C)CC1=O)[C@H](O)C(C)(C)O. The molecule has 0 spiro atoms. The molecular weight excluding hydrogens is 480 g/mol. The Morgan fingerprint density at radius 2 is 1.79 bits per heavy atom. The maximum absolute atomic E-state index is 13.7. The van der Waals surface area contributed by atoms with Crippen LogP contribution in [0, 0.1) is 39.4 Å². The van der Waals surface area contributed by atoms with Crippen LogP contribution in [0.15, 0.2) is 23.3 Å². The normalized spacial score (nSPS) is 38.7. The second-order valence-electron chi connectivity index (χ2n) is 14.6. The fraction of sp³-hybridized carbons (Fsp3) is 0.781. The molecule has 38 heavy (non-hydrogen) atoms. The lowest BCUT2D eigenvalue weighted by Gasteiger charge is -2.66. The fourth-order valence-electron chi connectivity index (χ4n) is 9.19. The molecule has 0 amide bonds. The molecule has 2 saturated carbocycles. The van der Waals surface area contributed by atoms with Crippen molar-refractivity contribution in [2.45, 2.75) is 119 Å². The Labute approximate surface area is 228 Å². The van der Waals surface area contributed by atoms with Gasteiger partial charge < -0.3 is 14.9 Å². The zero-order valence-electron chi connectivity index (χ0n) is 24.8. The third-order valence-electron chi connectivity index (χ3n) is 11.5. The Balaban J connectivity index is 1.73. The van der Waals surface area contributed by atoms with Gasteiger partial charge in [0.15, 0.2) is 5.78 Å². The van der Waals surface area contributed by atoms with E-state index in [-0.39, 0.29) is 45.7 Å². The van der Waals surface area contributed by atoms with Crippen LogP contribution in [0.1, 0.15) is 101 Å². The molecule has 0 aliphatic heterocycles. The Morgan fingerprint density at radius 3 is 2.37 bits per heavy atom. The molecule has 0 saturated heterocycles. The Bertz CT molecular complexity index is 1090. The average molecular weight is 529 g/mol. The number of ketones is 2. The molecule has 0 aromatic rings. The molecule has 2 N–H and O–H groups in total. The molecule has 0 aromatic carbocycles. The van der Waals surface area contributed by atoms with Crippen LogP contribution in [0.25, 0.3) is 0 Å². The predicted octanol–water partition coefficient (Wildman–Crippen LogP) is 5.35. The Kier molecular flexibility index (Phi) is 7.01. The molecule has 0 unspecified atom stereocenters. The Hall–Kier alpha value is -1.79. The van der Waals surface area contributed by atoms with Gasteiger partial charge in [-0.3, -0.25) is 14.4 Å². The van der Waals surface area contributed by atoms with Gasteiger partial charge in [-0.1, -0.05) is 53.7 Å². The minimum absolute atomic E-state index is 0.00981. The van der Waals surface area contributed by atoms with Crippen molar-refractivity contribution < 1.29 is 29.3 Å². The fourth-order valence-corrected chi connectivity index (χ4v) is 9.19. The molecule has 4 aliphatic carbocycles. The van der Waals surface area contributed by atoms with Crippen LogP contribution in [0.2, 0.25) is 0 Å². The monoisotopic (exact) mass is 528 g/mol. The highest BCUT2D eigenvalue weighted by atomic mass is 16.6. The summed E-state index contributed by atoms with van der Waals surface area (Å²) in [6.45, 7) is 17.4. The molecule has 6 nitrogen and oxygen atoms in total. The van der Waals surface area contributed by atoms with E-state index in [0.717, 1.165) is 30.4 Å². The van der Waals surface area contributed by atoms with E-state index in [1.165, 1.54) is 20.8 Å². The highest BCUT2D eigenvalue weighted by molar-refractivity contribution is 6.01. The number of Topliss-reactive ketones (excluding diaryl/α,β-unsaturated/α-hetero) is 2. The average Bonchev–Trinajstić information content (AvgIpc) is 3.05. The first-order chi connectivity index (χ1) is 17.3. The van der Waals surface area contributed by atoms with Crippen molar-refractivity contribution in [2.75, 3.05) is 0 Å². The summed E-state index contributed by atoms with van der Waals surface area (Å²) >= 11 is 0. The van der Waals surface area contributed by atoms with Crippen molar-refractivity contribution in [2.24, 2.45) is 39.4 Å². The van der Waals surface area contributed by atoms with Crippen molar-refractivity contribution in [1.82, 2.24) is 0 Å². The minimum atomic E-state index is -1.46. The first kappa shape index (κ1) is 29.2. The zero-order chi connectivity index (χ0) is 28.6. The lowest BCUT2D eigenvalue weighted by Crippen LogP contribution is -2.61. The molecule has 0 heterocycles. The molecule has 0 aromatic heterocycles. The van der Waals surface area contributed by atoms with Gasteiger partial charge in [-0.15, -0.1) is 0 Å². The highest BCUT2D eigenvalue weighted by Crippen LogP contribution is 2.72. The lowest BCUT2D eigenvalue weighted by molar-refractivity contribution is -0.166. The number of aliphatic hydroxyl groups is 2. The number of allylic oxidation sites excluding steroid dienone is 4. The Morgan fingerprint density at radius 1 is 1.16 bits per heavy atom. The van der Waals surface area contributed by atoms with Gasteiger partial charge in [-0.25, -0.2) is 0 Å². The smallest absolute Gasteiger partial charge is 0.302 e. The summed E-state index contributed by atoms with van der Waals surface area (Å²) in [7, 11) is 0. The minimum Gasteiger partial charge on any atom is -0.460 e. The van der Waals surface area contributed by atoms with E-state index < -0.39 is 23.8 Å². The van der Waals surface area contributed by atoms with Crippen LogP contribution >= 0.6 is 0 Å². The second kappa shape index (κ2) is 9.12. The van der Waals surface area contributed by atoms with Crippen LogP contribution in [0.4, 0.5) is 0 Å². The number of carbonyl (C=O) groups excluding carboxylic acids is 3. The quantitative estimate of drug-likeness (QED) is 0.451. The first-order valence-corrected chi connectivity index (χ1v) is 14.4. The lowest BCUT2D eigenvalue weighted by atomic mass is 9.37. The third kappa shape index (κ3) is 4.16. The summed E-state index contributed by atoms with van der Waals surface area (Å²) in [5.41, 5.74) is -0.436. The maximum atomic E-state index is 13.7. The van der Waals surface area contributed by atoms with Crippen LogP contribution in [-0.2, 0) is 19.1 Å². The number of esters is 1. The second-order valence-corrected chi connectivity index (χ2v) is 14.6. The molecule has 0 radical (unpaired) electrons. The van der Waals surface area contributed by atoms with Crippen molar-refractivity contribution in [1.29, 1.82) is 0 Å². The van der Waals surface area contributed by atoms with Crippen LogP contribution in [0.5, 0.6) is 0 Å². The standard InChI is InChI=1S/C32H48O6/c1-18(16-22(38-19(2)33)27(36)29(5,6)37)26-20-10-11-24-30(7)14-13-25(35)28(3,4)23(30)12-15-31(24,8)32(20,9)17-21(26)34/h10-11,18,22-24,27,36-37H,12-17H2,1-9H3/t18-,22+,23+,24+,27+,30+,31+,32+/m1/s1. The van der Waals surface area contributed by atoms with Crippen molar-refractivity contribution in [3.05, 3.63) is 23.3 Å². The van der Waals surface area contributed by atoms with Gasteiger partial charge in [0.2, 0.25) is 0 Å². The molecule has 4 aliphatic rings. The van der Waals surface area contributed by atoms with Gasteiger partial charge in [-0.05, 0) is 73.7 Å². The maximum Gasteiger partial charge on any atom is 0.302 e. The van der Waals surface area contributed by atoms with Crippen LogP contribution in [-0.4, -0.2) is 45.6 Å².